The minimum Gasteiger partial charge on any atom is -0.317 e. The van der Waals surface area contributed by atoms with Crippen LogP contribution in [0.2, 0.25) is 5.02 Å². The maximum absolute atomic E-state index is 13.4. The summed E-state index contributed by atoms with van der Waals surface area (Å²) in [6.45, 7) is 1.10. The van der Waals surface area contributed by atoms with Gasteiger partial charge in [0.05, 0.1) is 18.3 Å². The zero-order valence-electron chi connectivity index (χ0n) is 15.3. The molecule has 0 spiro atoms. The molecule has 1 fully saturated rings. The lowest BCUT2D eigenvalue weighted by Gasteiger charge is -2.36. The Morgan fingerprint density at radius 1 is 1.11 bits per heavy atom. The van der Waals surface area contributed by atoms with Crippen molar-refractivity contribution in [2.45, 2.75) is 25.1 Å². The summed E-state index contributed by atoms with van der Waals surface area (Å²) >= 11 is 5.99. The van der Waals surface area contributed by atoms with Gasteiger partial charge in [0, 0.05) is 17.8 Å². The summed E-state index contributed by atoms with van der Waals surface area (Å²) in [5, 5.41) is 3.82. The lowest BCUT2D eigenvalue weighted by atomic mass is 9.94. The number of alkyl halides is 3. The third kappa shape index (κ3) is 6.62. The summed E-state index contributed by atoms with van der Waals surface area (Å²) < 4.78 is 40.3. The first-order valence-electron chi connectivity index (χ1n) is 9.10. The molecule has 1 atom stereocenters. The van der Waals surface area contributed by atoms with Gasteiger partial charge in [-0.05, 0) is 61.7 Å². The topological polar surface area (TPSA) is 28.2 Å². The van der Waals surface area contributed by atoms with Gasteiger partial charge in [0.25, 0.3) is 0 Å². The fraction of sp³-hybridized carbons (Fsp3) is 0.450. The number of piperidine rings is 1. The van der Waals surface area contributed by atoms with E-state index < -0.39 is 18.8 Å². The van der Waals surface area contributed by atoms with Gasteiger partial charge in [0.15, 0.2) is 0 Å². The van der Waals surface area contributed by atoms with E-state index in [2.05, 4.69) is 10.3 Å². The van der Waals surface area contributed by atoms with E-state index in [4.69, 9.17) is 11.6 Å². The second-order valence-corrected chi connectivity index (χ2v) is 7.38. The molecule has 3 nitrogen and oxygen atoms in total. The molecule has 3 rings (SSSR count). The Bertz CT molecular complexity index is 705. The zero-order valence-corrected chi connectivity index (χ0v) is 16.9. The van der Waals surface area contributed by atoms with Gasteiger partial charge in [-0.25, -0.2) is 0 Å². The highest BCUT2D eigenvalue weighted by molar-refractivity contribution is 6.30. The van der Waals surface area contributed by atoms with Crippen LogP contribution in [-0.4, -0.2) is 42.2 Å². The molecule has 8 heteroatoms. The third-order valence-corrected chi connectivity index (χ3v) is 5.10. The summed E-state index contributed by atoms with van der Waals surface area (Å²) in [7, 11) is 0. The van der Waals surface area contributed by atoms with Crippen LogP contribution in [0.15, 0.2) is 48.7 Å². The molecular formula is C20H24Cl2F3N3. The van der Waals surface area contributed by atoms with E-state index in [1.165, 1.54) is 4.90 Å². The summed E-state index contributed by atoms with van der Waals surface area (Å²) in [5.41, 5.74) is 1.37. The highest BCUT2D eigenvalue weighted by atomic mass is 35.5. The molecule has 0 amide bonds. The van der Waals surface area contributed by atoms with Crippen LogP contribution in [-0.2, 0) is 0 Å². The minimum atomic E-state index is -4.29. The fourth-order valence-electron chi connectivity index (χ4n) is 3.64. The van der Waals surface area contributed by atoms with Crippen molar-refractivity contribution in [1.29, 1.82) is 0 Å². The van der Waals surface area contributed by atoms with E-state index in [1.54, 1.807) is 42.6 Å². The zero-order chi connectivity index (χ0) is 19.3. The summed E-state index contributed by atoms with van der Waals surface area (Å²) in [5.74, 6) is 0.229. The molecule has 1 aliphatic heterocycles. The normalized spacial score (nSPS) is 16.6. The van der Waals surface area contributed by atoms with Gasteiger partial charge in [-0.15, -0.1) is 12.4 Å². The largest absolute Gasteiger partial charge is 0.401 e. The van der Waals surface area contributed by atoms with Gasteiger partial charge >= 0.3 is 6.18 Å². The van der Waals surface area contributed by atoms with Crippen LogP contribution in [0.25, 0.3) is 0 Å². The van der Waals surface area contributed by atoms with Crippen molar-refractivity contribution in [3.8, 4) is 0 Å². The van der Waals surface area contributed by atoms with Gasteiger partial charge in [-0.3, -0.25) is 9.88 Å². The Hall–Kier alpha value is -1.34. The molecule has 1 saturated heterocycles. The molecule has 0 saturated carbocycles. The van der Waals surface area contributed by atoms with Crippen molar-refractivity contribution in [2.24, 2.45) is 5.92 Å². The molecule has 1 aliphatic rings. The van der Waals surface area contributed by atoms with Crippen molar-refractivity contribution in [3.63, 3.8) is 0 Å². The Morgan fingerprint density at radius 2 is 1.79 bits per heavy atom. The number of benzene rings is 1. The number of nitrogens with one attached hydrogen (secondary N) is 1. The van der Waals surface area contributed by atoms with Crippen LogP contribution >= 0.6 is 24.0 Å². The maximum Gasteiger partial charge on any atom is 0.401 e. The van der Waals surface area contributed by atoms with Crippen LogP contribution < -0.4 is 5.32 Å². The molecule has 1 unspecified atom stereocenters. The number of pyridine rings is 1. The average molecular weight is 434 g/mol. The molecule has 2 aromatic rings. The monoisotopic (exact) mass is 433 g/mol. The molecule has 1 aromatic heterocycles. The van der Waals surface area contributed by atoms with E-state index in [0.717, 1.165) is 31.5 Å². The van der Waals surface area contributed by atoms with Crippen LogP contribution in [0, 0.1) is 5.92 Å². The van der Waals surface area contributed by atoms with Crippen LogP contribution in [0.5, 0.6) is 0 Å². The highest BCUT2D eigenvalue weighted by Crippen LogP contribution is 2.33. The van der Waals surface area contributed by atoms with E-state index >= 15 is 0 Å². The van der Waals surface area contributed by atoms with Crippen molar-refractivity contribution in [3.05, 3.63) is 64.9 Å². The van der Waals surface area contributed by atoms with E-state index in [-0.39, 0.29) is 18.3 Å². The number of nitrogens with zero attached hydrogens (tertiary/aromatic N) is 2. The Balaban J connectivity index is 0.00000280. The number of halogens is 5. The molecule has 0 aliphatic carbocycles. The second kappa shape index (κ2) is 10.4. The first kappa shape index (κ1) is 22.9. The van der Waals surface area contributed by atoms with Crippen molar-refractivity contribution in [2.75, 3.05) is 26.2 Å². The number of hydrogen-bond acceptors (Lipinski definition) is 3. The lowest BCUT2D eigenvalue weighted by Crippen LogP contribution is -2.43. The van der Waals surface area contributed by atoms with Gasteiger partial charge in [-0.1, -0.05) is 29.8 Å². The summed E-state index contributed by atoms with van der Waals surface area (Å²) in [6.07, 6.45) is -0.908. The van der Waals surface area contributed by atoms with E-state index in [0.29, 0.717) is 17.3 Å². The smallest absolute Gasteiger partial charge is 0.317 e. The second-order valence-electron chi connectivity index (χ2n) is 6.95. The molecule has 1 aromatic carbocycles. The Kier molecular flexibility index (Phi) is 8.56. The predicted octanol–water partition coefficient (Wildman–Crippen LogP) is 5.11. The average Bonchev–Trinajstić information content (AvgIpc) is 2.64. The quantitative estimate of drug-likeness (QED) is 0.685. The van der Waals surface area contributed by atoms with Crippen LogP contribution in [0.1, 0.15) is 30.1 Å². The number of rotatable bonds is 6. The molecule has 154 valence electrons. The Labute approximate surface area is 174 Å². The number of hydrogen-bond donors (Lipinski definition) is 1. The Morgan fingerprint density at radius 3 is 2.36 bits per heavy atom. The molecule has 0 radical (unpaired) electrons. The van der Waals surface area contributed by atoms with Crippen molar-refractivity contribution < 1.29 is 13.2 Å². The van der Waals surface area contributed by atoms with E-state index in [1.807, 2.05) is 6.07 Å². The molecule has 28 heavy (non-hydrogen) atoms. The van der Waals surface area contributed by atoms with Crippen LogP contribution in [0.4, 0.5) is 13.2 Å². The van der Waals surface area contributed by atoms with Gasteiger partial charge in [0.2, 0.25) is 0 Å². The van der Waals surface area contributed by atoms with Crippen molar-refractivity contribution in [1.82, 2.24) is 15.2 Å². The van der Waals surface area contributed by atoms with Gasteiger partial charge in [-0.2, -0.15) is 13.2 Å². The minimum absolute atomic E-state index is 0. The van der Waals surface area contributed by atoms with Crippen LogP contribution in [0.3, 0.4) is 0 Å². The highest BCUT2D eigenvalue weighted by Gasteiger charge is 2.36. The van der Waals surface area contributed by atoms with Gasteiger partial charge < -0.3 is 5.32 Å². The third-order valence-electron chi connectivity index (χ3n) is 4.85. The molecule has 0 bridgehead atoms. The standard InChI is InChI=1S/C20H23ClF3N3.ClH/c21-17-6-4-16(5-7-17)19(18-3-1-2-10-26-18)27(14-20(22,23)24)13-15-8-11-25-12-9-15;/h1-7,10,15,19,25H,8-9,11-14H2;1H. The SMILES string of the molecule is Cl.FC(F)(F)CN(CC1CCNCC1)C(c1ccc(Cl)cc1)c1ccccn1. The lowest BCUT2D eigenvalue weighted by molar-refractivity contribution is -0.151. The molecule has 2 heterocycles. The van der Waals surface area contributed by atoms with E-state index in [9.17, 15) is 13.2 Å². The fourth-order valence-corrected chi connectivity index (χ4v) is 3.76. The molecule has 1 N–H and O–H groups in total. The summed E-state index contributed by atoms with van der Waals surface area (Å²) in [6, 6.07) is 11.8. The first-order valence-corrected chi connectivity index (χ1v) is 9.48. The first-order chi connectivity index (χ1) is 12.9. The summed E-state index contributed by atoms with van der Waals surface area (Å²) in [4.78, 5) is 5.88. The van der Waals surface area contributed by atoms with Crippen molar-refractivity contribution >= 4 is 24.0 Å². The maximum atomic E-state index is 13.4. The van der Waals surface area contributed by atoms with Gasteiger partial charge in [0.1, 0.15) is 0 Å². The molecular weight excluding hydrogens is 410 g/mol. The predicted molar refractivity (Wildman–Crippen MR) is 108 cm³/mol. The number of aromatic nitrogens is 1.